The summed E-state index contributed by atoms with van der Waals surface area (Å²) in [4.78, 5) is 16.8. The third-order valence-electron chi connectivity index (χ3n) is 6.14. The van der Waals surface area contributed by atoms with E-state index in [9.17, 15) is 4.79 Å². The summed E-state index contributed by atoms with van der Waals surface area (Å²) in [7, 11) is 0. The van der Waals surface area contributed by atoms with Gasteiger partial charge >= 0.3 is 0 Å². The molecular formula is C22H29NOS. The molecule has 0 amide bonds. The molecule has 1 aromatic heterocycles. The van der Waals surface area contributed by atoms with Crippen molar-refractivity contribution in [2.75, 3.05) is 18.0 Å². The first-order valence-corrected chi connectivity index (χ1v) is 10.7. The molecule has 134 valence electrons. The first kappa shape index (κ1) is 17.1. The molecule has 2 heterocycles. The Morgan fingerprint density at radius 1 is 1.20 bits per heavy atom. The number of nitrogens with zero attached hydrogens (tertiary/aromatic N) is 1. The lowest BCUT2D eigenvalue weighted by Crippen LogP contribution is -2.38. The summed E-state index contributed by atoms with van der Waals surface area (Å²) in [5.41, 5.74) is 2.70. The van der Waals surface area contributed by atoms with E-state index in [0.717, 1.165) is 54.6 Å². The third-order valence-corrected chi connectivity index (χ3v) is 7.36. The maximum atomic E-state index is 13.0. The second-order valence-electron chi connectivity index (χ2n) is 8.38. The fraction of sp³-hybridized carbons (Fsp3) is 0.591. The lowest BCUT2D eigenvalue weighted by molar-refractivity contribution is 0.357. The highest BCUT2D eigenvalue weighted by atomic mass is 32.1. The highest BCUT2D eigenvalue weighted by molar-refractivity contribution is 7.18. The van der Waals surface area contributed by atoms with Crippen LogP contribution in [-0.4, -0.2) is 13.1 Å². The van der Waals surface area contributed by atoms with Gasteiger partial charge in [-0.05, 0) is 61.6 Å². The molecule has 0 bridgehead atoms. The fourth-order valence-corrected chi connectivity index (χ4v) is 6.17. The van der Waals surface area contributed by atoms with Crippen LogP contribution in [0.2, 0.25) is 0 Å². The quantitative estimate of drug-likeness (QED) is 0.732. The van der Waals surface area contributed by atoms with E-state index < -0.39 is 0 Å². The van der Waals surface area contributed by atoms with Gasteiger partial charge in [-0.3, -0.25) is 4.79 Å². The molecule has 0 N–H and O–H groups in total. The van der Waals surface area contributed by atoms with Gasteiger partial charge in [0, 0.05) is 39.3 Å². The minimum atomic E-state index is 0.297. The van der Waals surface area contributed by atoms with Crippen LogP contribution < -0.4 is 10.3 Å². The first-order chi connectivity index (χ1) is 12.0. The summed E-state index contributed by atoms with van der Waals surface area (Å²) in [5, 5.41) is 0.931. The number of fused-ring (bicyclic) bond motifs is 2. The predicted octanol–water partition coefficient (Wildman–Crippen LogP) is 5.26. The lowest BCUT2D eigenvalue weighted by atomic mass is 9.86. The number of anilines is 1. The SMILES string of the molecule is CCC1CCc2c(sc3cc(N4CC(C)CC(C)C4)ccc3c2=O)C1. The molecule has 3 atom stereocenters. The molecule has 2 aliphatic rings. The molecule has 0 spiro atoms. The molecule has 3 heteroatoms. The van der Waals surface area contributed by atoms with E-state index in [1.807, 2.05) is 11.3 Å². The van der Waals surface area contributed by atoms with Gasteiger partial charge in [-0.2, -0.15) is 0 Å². The summed E-state index contributed by atoms with van der Waals surface area (Å²) in [6.45, 7) is 9.24. The van der Waals surface area contributed by atoms with Crippen LogP contribution in [0.1, 0.15) is 50.5 Å². The Morgan fingerprint density at radius 3 is 2.68 bits per heavy atom. The topological polar surface area (TPSA) is 20.3 Å². The predicted molar refractivity (Wildman–Crippen MR) is 109 cm³/mol. The van der Waals surface area contributed by atoms with E-state index in [4.69, 9.17) is 0 Å². The average Bonchev–Trinajstić information content (AvgIpc) is 2.60. The van der Waals surface area contributed by atoms with Crippen molar-refractivity contribution in [1.82, 2.24) is 0 Å². The molecule has 0 radical (unpaired) electrons. The molecule has 0 saturated carbocycles. The van der Waals surface area contributed by atoms with Crippen LogP contribution in [0, 0.1) is 17.8 Å². The van der Waals surface area contributed by atoms with Crippen molar-refractivity contribution in [2.45, 2.75) is 52.9 Å². The number of piperidine rings is 1. The van der Waals surface area contributed by atoms with Gasteiger partial charge in [-0.15, -0.1) is 11.3 Å². The Labute approximate surface area is 154 Å². The molecule has 1 fully saturated rings. The van der Waals surface area contributed by atoms with E-state index in [1.54, 1.807) is 0 Å². The van der Waals surface area contributed by atoms with E-state index in [1.165, 1.54) is 34.5 Å². The molecule has 3 unspecified atom stereocenters. The van der Waals surface area contributed by atoms with Crippen molar-refractivity contribution in [3.05, 3.63) is 38.9 Å². The Morgan fingerprint density at radius 2 is 1.96 bits per heavy atom. The zero-order valence-corrected chi connectivity index (χ0v) is 16.5. The summed E-state index contributed by atoms with van der Waals surface area (Å²) < 4.78 is 1.18. The van der Waals surface area contributed by atoms with Gasteiger partial charge in [-0.1, -0.05) is 27.2 Å². The van der Waals surface area contributed by atoms with Crippen molar-refractivity contribution in [3.63, 3.8) is 0 Å². The molecule has 1 saturated heterocycles. The standard InChI is InChI=1S/C22H29NOS/c1-4-16-5-7-18-20(10-16)25-21-11-17(6-8-19(21)22(18)24)23-12-14(2)9-15(3)13-23/h6,8,11,14-16H,4-5,7,9-10,12-13H2,1-3H3. The summed E-state index contributed by atoms with van der Waals surface area (Å²) >= 11 is 1.88. The van der Waals surface area contributed by atoms with E-state index in [0.29, 0.717) is 5.43 Å². The monoisotopic (exact) mass is 355 g/mol. The Kier molecular flexibility index (Phi) is 4.61. The smallest absolute Gasteiger partial charge is 0.191 e. The largest absolute Gasteiger partial charge is 0.371 e. The van der Waals surface area contributed by atoms with E-state index in [-0.39, 0.29) is 0 Å². The van der Waals surface area contributed by atoms with Crippen LogP contribution in [0.5, 0.6) is 0 Å². The minimum Gasteiger partial charge on any atom is -0.371 e. The van der Waals surface area contributed by atoms with Crippen molar-refractivity contribution in [3.8, 4) is 0 Å². The second-order valence-corrected chi connectivity index (χ2v) is 9.52. The number of hydrogen-bond acceptors (Lipinski definition) is 3. The summed E-state index contributed by atoms with van der Waals surface area (Å²) in [6, 6.07) is 6.53. The van der Waals surface area contributed by atoms with Crippen LogP contribution in [0.25, 0.3) is 10.1 Å². The zero-order valence-electron chi connectivity index (χ0n) is 15.7. The summed E-state index contributed by atoms with van der Waals surface area (Å²) in [6.07, 6.45) is 5.80. The van der Waals surface area contributed by atoms with Gasteiger partial charge < -0.3 is 4.90 Å². The molecule has 1 aliphatic carbocycles. The molecule has 4 rings (SSSR count). The van der Waals surface area contributed by atoms with Gasteiger partial charge in [-0.25, -0.2) is 0 Å². The number of rotatable bonds is 2. The molecule has 2 nitrogen and oxygen atoms in total. The Hall–Kier alpha value is -1.35. The van der Waals surface area contributed by atoms with Gasteiger partial charge in [0.2, 0.25) is 0 Å². The van der Waals surface area contributed by atoms with Gasteiger partial charge in [0.1, 0.15) is 0 Å². The van der Waals surface area contributed by atoms with Gasteiger partial charge in [0.15, 0.2) is 5.43 Å². The molecular weight excluding hydrogens is 326 g/mol. The maximum absolute atomic E-state index is 13.0. The van der Waals surface area contributed by atoms with Crippen LogP contribution in [-0.2, 0) is 12.8 Å². The molecule has 1 aliphatic heterocycles. The van der Waals surface area contributed by atoms with E-state index in [2.05, 4.69) is 43.9 Å². The maximum Gasteiger partial charge on any atom is 0.191 e. The number of hydrogen-bond donors (Lipinski definition) is 0. The van der Waals surface area contributed by atoms with Crippen molar-refractivity contribution >= 4 is 27.1 Å². The zero-order chi connectivity index (χ0) is 17.6. The average molecular weight is 356 g/mol. The van der Waals surface area contributed by atoms with Crippen LogP contribution in [0.15, 0.2) is 23.0 Å². The van der Waals surface area contributed by atoms with Crippen molar-refractivity contribution in [2.24, 2.45) is 17.8 Å². The first-order valence-electron chi connectivity index (χ1n) is 9.88. The summed E-state index contributed by atoms with van der Waals surface area (Å²) in [5.74, 6) is 2.24. The fourth-order valence-electron chi connectivity index (χ4n) is 4.82. The minimum absolute atomic E-state index is 0.297. The van der Waals surface area contributed by atoms with Crippen molar-refractivity contribution < 1.29 is 0 Å². The molecule has 25 heavy (non-hydrogen) atoms. The van der Waals surface area contributed by atoms with E-state index >= 15 is 0 Å². The number of benzene rings is 1. The van der Waals surface area contributed by atoms with Crippen molar-refractivity contribution in [1.29, 1.82) is 0 Å². The normalized spacial score (nSPS) is 26.7. The second kappa shape index (κ2) is 6.75. The highest BCUT2D eigenvalue weighted by Crippen LogP contribution is 2.34. The van der Waals surface area contributed by atoms with Gasteiger partial charge in [0.25, 0.3) is 0 Å². The van der Waals surface area contributed by atoms with Crippen LogP contribution >= 0.6 is 11.3 Å². The molecule has 2 aromatic rings. The lowest BCUT2D eigenvalue weighted by Gasteiger charge is -2.36. The third kappa shape index (κ3) is 3.23. The van der Waals surface area contributed by atoms with Gasteiger partial charge in [0.05, 0.1) is 0 Å². The van der Waals surface area contributed by atoms with Crippen LogP contribution in [0.4, 0.5) is 5.69 Å². The van der Waals surface area contributed by atoms with Crippen LogP contribution in [0.3, 0.4) is 0 Å². The molecule has 1 aromatic carbocycles. The Bertz CT molecular complexity index is 830. The highest BCUT2D eigenvalue weighted by Gasteiger charge is 2.24. The Balaban J connectivity index is 1.74.